The molecule has 0 atom stereocenters. The van der Waals surface area contributed by atoms with Crippen molar-refractivity contribution < 1.29 is 4.74 Å². The van der Waals surface area contributed by atoms with Crippen LogP contribution in [0.4, 0.5) is 0 Å². The maximum atomic E-state index is 7.16. The lowest BCUT2D eigenvalue weighted by molar-refractivity contribution is 0.309. The van der Waals surface area contributed by atoms with Crippen LogP contribution in [0.5, 0.6) is 5.75 Å². The second kappa shape index (κ2) is 8.58. The van der Waals surface area contributed by atoms with E-state index in [0.29, 0.717) is 13.2 Å². The molecule has 0 aromatic heterocycles. The van der Waals surface area contributed by atoms with Crippen molar-refractivity contribution in [2.45, 2.75) is 26.3 Å². The van der Waals surface area contributed by atoms with Gasteiger partial charge in [-0.2, -0.15) is 0 Å². The summed E-state index contributed by atoms with van der Waals surface area (Å²) in [5, 5.41) is 9.95. The molecule has 2 rings (SSSR count). The van der Waals surface area contributed by atoms with E-state index in [9.17, 15) is 0 Å². The van der Waals surface area contributed by atoms with E-state index in [2.05, 4.69) is 52.4 Å². The van der Waals surface area contributed by atoms with Crippen molar-refractivity contribution in [2.75, 3.05) is 6.61 Å². The van der Waals surface area contributed by atoms with Crippen molar-refractivity contribution in [3.05, 3.63) is 63.6 Å². The predicted octanol–water partition coefficient (Wildman–Crippen LogP) is 3.75. The number of benzene rings is 2. The number of halogens is 1. The highest BCUT2D eigenvalue weighted by molar-refractivity contribution is 9.10. The Kier molecular flexibility index (Phi) is 6.47. The molecule has 0 heterocycles. The summed E-state index contributed by atoms with van der Waals surface area (Å²) in [5.74, 6) is 0.804. The maximum absolute atomic E-state index is 7.16. The zero-order valence-corrected chi connectivity index (χ0v) is 14.8. The number of nitrogens with two attached hydrogens (primary N) is 1. The van der Waals surface area contributed by atoms with E-state index in [4.69, 9.17) is 15.9 Å². The molecule has 0 radical (unpaired) electrons. The van der Waals surface area contributed by atoms with Gasteiger partial charge in [-0.15, -0.1) is 0 Å². The minimum atomic E-state index is -0.0300. The summed E-state index contributed by atoms with van der Waals surface area (Å²) in [6, 6.07) is 14.5. The van der Waals surface area contributed by atoms with Crippen molar-refractivity contribution in [3.63, 3.8) is 0 Å². The molecule has 0 bridgehead atoms. The molecule has 5 heteroatoms. The molecule has 2 aromatic rings. The van der Waals surface area contributed by atoms with Crippen LogP contribution in [0.1, 0.15) is 23.1 Å². The molecule has 0 aliphatic heterocycles. The largest absolute Gasteiger partial charge is 0.492 e. The van der Waals surface area contributed by atoms with Gasteiger partial charge in [-0.25, -0.2) is 0 Å². The van der Waals surface area contributed by atoms with Crippen LogP contribution in [0.25, 0.3) is 0 Å². The highest BCUT2D eigenvalue weighted by Crippen LogP contribution is 2.26. The molecule has 0 unspecified atom stereocenters. The van der Waals surface area contributed by atoms with Gasteiger partial charge in [0, 0.05) is 6.54 Å². The van der Waals surface area contributed by atoms with E-state index < -0.39 is 0 Å². The van der Waals surface area contributed by atoms with Gasteiger partial charge in [-0.1, -0.05) is 35.9 Å². The quantitative estimate of drug-likeness (QED) is 0.392. The molecule has 0 saturated carbocycles. The summed E-state index contributed by atoms with van der Waals surface area (Å²) in [4.78, 5) is 0. The van der Waals surface area contributed by atoms with Crippen molar-refractivity contribution in [1.82, 2.24) is 5.32 Å². The first-order chi connectivity index (χ1) is 11.0. The van der Waals surface area contributed by atoms with Gasteiger partial charge in [0.15, 0.2) is 5.96 Å². The molecule has 2 aromatic carbocycles. The fourth-order valence-electron chi connectivity index (χ4n) is 2.18. The van der Waals surface area contributed by atoms with Crippen LogP contribution in [0, 0.1) is 12.3 Å². The Morgan fingerprint density at radius 2 is 1.87 bits per heavy atom. The molecule has 23 heavy (non-hydrogen) atoms. The van der Waals surface area contributed by atoms with Crippen LogP contribution in [-0.4, -0.2) is 12.6 Å². The Morgan fingerprint density at radius 3 is 2.52 bits per heavy atom. The third-order valence-corrected chi connectivity index (χ3v) is 4.09. The van der Waals surface area contributed by atoms with Crippen LogP contribution in [-0.2, 0) is 13.0 Å². The summed E-state index contributed by atoms with van der Waals surface area (Å²) in [5.41, 5.74) is 8.94. The number of guanidine groups is 1. The van der Waals surface area contributed by atoms with Crippen LogP contribution >= 0.6 is 15.9 Å². The Balaban J connectivity index is 1.79. The minimum Gasteiger partial charge on any atom is -0.492 e. The Morgan fingerprint density at radius 1 is 1.17 bits per heavy atom. The SMILES string of the molecule is Cc1ccc(CCCOc2ccc(CNC(=N)N)cc2Br)cc1. The summed E-state index contributed by atoms with van der Waals surface area (Å²) < 4.78 is 6.74. The Bertz CT molecular complexity index is 656. The van der Waals surface area contributed by atoms with Gasteiger partial charge < -0.3 is 15.8 Å². The number of nitrogens with one attached hydrogen (secondary N) is 2. The highest BCUT2D eigenvalue weighted by atomic mass is 79.9. The maximum Gasteiger partial charge on any atom is 0.185 e. The van der Waals surface area contributed by atoms with Crippen LogP contribution in [0.2, 0.25) is 0 Å². The van der Waals surface area contributed by atoms with Gasteiger partial charge in [0.05, 0.1) is 11.1 Å². The topological polar surface area (TPSA) is 71.1 Å². The lowest BCUT2D eigenvalue weighted by atomic mass is 10.1. The summed E-state index contributed by atoms with van der Waals surface area (Å²) >= 11 is 3.52. The van der Waals surface area contributed by atoms with Gasteiger partial charge >= 0.3 is 0 Å². The average molecular weight is 376 g/mol. The molecule has 0 aliphatic rings. The first-order valence-electron chi connectivity index (χ1n) is 7.59. The Labute approximate surface area is 145 Å². The van der Waals surface area contributed by atoms with Gasteiger partial charge in [-0.05, 0) is 59.0 Å². The van der Waals surface area contributed by atoms with E-state index in [-0.39, 0.29) is 5.96 Å². The first-order valence-corrected chi connectivity index (χ1v) is 8.38. The number of hydrogen-bond donors (Lipinski definition) is 3. The predicted molar refractivity (Wildman–Crippen MR) is 97.9 cm³/mol. The number of hydrogen-bond acceptors (Lipinski definition) is 2. The minimum absolute atomic E-state index is 0.0300. The highest BCUT2D eigenvalue weighted by Gasteiger charge is 2.03. The lowest BCUT2D eigenvalue weighted by Gasteiger charge is -2.10. The third-order valence-electron chi connectivity index (χ3n) is 3.47. The van der Waals surface area contributed by atoms with Crippen LogP contribution < -0.4 is 15.8 Å². The Hall–Kier alpha value is -2.01. The van der Waals surface area contributed by atoms with E-state index in [1.165, 1.54) is 11.1 Å². The van der Waals surface area contributed by atoms with Crippen molar-refractivity contribution in [2.24, 2.45) is 5.73 Å². The monoisotopic (exact) mass is 375 g/mol. The summed E-state index contributed by atoms with van der Waals surface area (Å²) in [7, 11) is 0. The second-order valence-electron chi connectivity index (χ2n) is 5.47. The molecular weight excluding hydrogens is 354 g/mol. The van der Waals surface area contributed by atoms with E-state index in [1.54, 1.807) is 0 Å². The molecule has 4 N–H and O–H groups in total. The summed E-state index contributed by atoms with van der Waals surface area (Å²) in [6.45, 7) is 3.30. The van der Waals surface area contributed by atoms with Crippen molar-refractivity contribution in [1.29, 1.82) is 5.41 Å². The smallest absolute Gasteiger partial charge is 0.185 e. The molecule has 0 amide bonds. The normalized spacial score (nSPS) is 10.3. The van der Waals surface area contributed by atoms with Crippen LogP contribution in [0.15, 0.2) is 46.9 Å². The number of ether oxygens (including phenoxy) is 1. The number of rotatable bonds is 7. The van der Waals surface area contributed by atoms with Gasteiger partial charge in [0.25, 0.3) is 0 Å². The fourth-order valence-corrected chi connectivity index (χ4v) is 2.72. The number of aryl methyl sites for hydroxylation is 2. The van der Waals surface area contributed by atoms with Gasteiger partial charge in [-0.3, -0.25) is 5.41 Å². The standard InChI is InChI=1S/C18H22BrN3O/c1-13-4-6-14(7-5-13)3-2-10-23-17-9-8-15(11-16(17)19)12-22-18(20)21/h4-9,11H,2-3,10,12H2,1H3,(H4,20,21,22). The lowest BCUT2D eigenvalue weighted by Crippen LogP contribution is -2.29. The van der Waals surface area contributed by atoms with E-state index >= 15 is 0 Å². The second-order valence-corrected chi connectivity index (χ2v) is 6.32. The molecule has 4 nitrogen and oxygen atoms in total. The molecule has 0 aliphatic carbocycles. The molecular formula is C18H22BrN3O. The average Bonchev–Trinajstić information content (AvgIpc) is 2.52. The fraction of sp³-hybridized carbons (Fsp3) is 0.278. The molecule has 122 valence electrons. The molecule has 0 saturated heterocycles. The van der Waals surface area contributed by atoms with Crippen molar-refractivity contribution in [3.8, 4) is 5.75 Å². The van der Waals surface area contributed by atoms with Crippen molar-refractivity contribution >= 4 is 21.9 Å². The van der Waals surface area contributed by atoms with Crippen LogP contribution in [0.3, 0.4) is 0 Å². The zero-order chi connectivity index (χ0) is 16.7. The van der Waals surface area contributed by atoms with E-state index in [0.717, 1.165) is 28.6 Å². The zero-order valence-electron chi connectivity index (χ0n) is 13.2. The third kappa shape index (κ3) is 5.94. The van der Waals surface area contributed by atoms with Gasteiger partial charge in [0.2, 0.25) is 0 Å². The van der Waals surface area contributed by atoms with Gasteiger partial charge in [0.1, 0.15) is 5.75 Å². The molecule has 0 fully saturated rings. The molecule has 0 spiro atoms. The van der Waals surface area contributed by atoms with E-state index in [1.807, 2.05) is 18.2 Å². The summed E-state index contributed by atoms with van der Waals surface area (Å²) in [6.07, 6.45) is 1.99. The first kappa shape index (κ1) is 17.3.